The summed E-state index contributed by atoms with van der Waals surface area (Å²) in [4.78, 5) is 0. The van der Waals surface area contributed by atoms with E-state index in [2.05, 4.69) is 31.2 Å². The van der Waals surface area contributed by atoms with Gasteiger partial charge in [-0.15, -0.1) is 0 Å². The molecule has 0 saturated carbocycles. The maximum absolute atomic E-state index is 9.58. The van der Waals surface area contributed by atoms with Gasteiger partial charge >= 0.3 is 0 Å². The largest absolute Gasteiger partial charge is 0.508 e. The molecule has 2 aromatic carbocycles. The van der Waals surface area contributed by atoms with E-state index in [0.717, 1.165) is 17.5 Å². The summed E-state index contributed by atoms with van der Waals surface area (Å²) in [6.07, 6.45) is 9.38. The van der Waals surface area contributed by atoms with Crippen LogP contribution in [0.1, 0.15) is 24.5 Å². The number of aromatic hydroxyl groups is 2. The summed E-state index contributed by atoms with van der Waals surface area (Å²) in [6.45, 7) is 2.14. The van der Waals surface area contributed by atoms with E-state index in [1.54, 1.807) is 24.3 Å². The minimum atomic E-state index is 0.225. The van der Waals surface area contributed by atoms with Crippen LogP contribution in [0, 0.1) is 5.92 Å². The smallest absolute Gasteiger partial charge is 0.115 e. The monoisotopic (exact) mass is 304 g/mol. The number of phenols is 2. The fourth-order valence-electron chi connectivity index (χ4n) is 3.05. The predicted molar refractivity (Wildman–Crippen MR) is 95.1 cm³/mol. The summed E-state index contributed by atoms with van der Waals surface area (Å²) in [6, 6.07) is 14.7. The first kappa shape index (κ1) is 15.2. The minimum absolute atomic E-state index is 0.225. The van der Waals surface area contributed by atoms with Gasteiger partial charge in [0.05, 0.1) is 0 Å². The van der Waals surface area contributed by atoms with Crippen LogP contribution in [0.15, 0.2) is 72.8 Å². The van der Waals surface area contributed by atoms with E-state index in [-0.39, 0.29) is 17.4 Å². The molecule has 2 aromatic rings. The van der Waals surface area contributed by atoms with Crippen LogP contribution in [0.5, 0.6) is 11.5 Å². The van der Waals surface area contributed by atoms with E-state index in [1.807, 2.05) is 24.3 Å². The number of rotatable bonds is 4. The standard InChI is InChI=1S/C21H20O2/c1-2-20(15-7-11-18(22)12-8-15)21(16-5-3-4-6-16)17-9-13-19(23)14-10-17/h3-14,16,22-23H,2H2,1H3/b21-20+. The molecular formula is C21H20O2. The summed E-state index contributed by atoms with van der Waals surface area (Å²) >= 11 is 0. The zero-order valence-corrected chi connectivity index (χ0v) is 13.1. The fourth-order valence-corrected chi connectivity index (χ4v) is 3.05. The molecule has 2 heteroatoms. The van der Waals surface area contributed by atoms with Gasteiger partial charge in [0.1, 0.15) is 11.5 Å². The topological polar surface area (TPSA) is 40.5 Å². The van der Waals surface area contributed by atoms with E-state index < -0.39 is 0 Å². The Morgan fingerprint density at radius 3 is 1.74 bits per heavy atom. The molecule has 1 aliphatic rings. The molecule has 3 rings (SSSR count). The van der Waals surface area contributed by atoms with Gasteiger partial charge in [0.15, 0.2) is 0 Å². The molecule has 0 bridgehead atoms. The lowest BCUT2D eigenvalue weighted by Crippen LogP contribution is -2.00. The Morgan fingerprint density at radius 2 is 1.26 bits per heavy atom. The molecule has 0 radical (unpaired) electrons. The highest BCUT2D eigenvalue weighted by Crippen LogP contribution is 2.38. The fraction of sp³-hybridized carbons (Fsp3) is 0.143. The summed E-state index contributed by atoms with van der Waals surface area (Å²) in [5.74, 6) is 0.771. The van der Waals surface area contributed by atoms with Crippen molar-refractivity contribution in [3.05, 3.63) is 84.0 Å². The van der Waals surface area contributed by atoms with E-state index >= 15 is 0 Å². The van der Waals surface area contributed by atoms with Gasteiger partial charge in [0, 0.05) is 5.92 Å². The first-order chi connectivity index (χ1) is 11.2. The van der Waals surface area contributed by atoms with Crippen LogP contribution in [0.4, 0.5) is 0 Å². The molecule has 1 aliphatic carbocycles. The summed E-state index contributed by atoms with van der Waals surface area (Å²) in [5, 5.41) is 19.1. The van der Waals surface area contributed by atoms with Crippen LogP contribution in [0.2, 0.25) is 0 Å². The molecule has 0 spiro atoms. The normalized spacial score (nSPS) is 15.0. The first-order valence-corrected chi connectivity index (χ1v) is 7.86. The van der Waals surface area contributed by atoms with Crippen LogP contribution in [-0.4, -0.2) is 10.2 Å². The average molecular weight is 304 g/mol. The van der Waals surface area contributed by atoms with Gasteiger partial charge in [-0.05, 0) is 53.0 Å². The number of hydrogen-bond donors (Lipinski definition) is 2. The molecule has 2 nitrogen and oxygen atoms in total. The Kier molecular flexibility index (Phi) is 4.33. The summed E-state index contributed by atoms with van der Waals surface area (Å²) < 4.78 is 0. The third kappa shape index (κ3) is 3.21. The van der Waals surface area contributed by atoms with Crippen LogP contribution in [-0.2, 0) is 0 Å². The van der Waals surface area contributed by atoms with Gasteiger partial charge in [0.2, 0.25) is 0 Å². The Balaban J connectivity index is 2.18. The molecular weight excluding hydrogens is 284 g/mol. The Morgan fingerprint density at radius 1 is 0.783 bits per heavy atom. The van der Waals surface area contributed by atoms with Gasteiger partial charge in [-0.25, -0.2) is 0 Å². The average Bonchev–Trinajstić information content (AvgIpc) is 3.09. The van der Waals surface area contributed by atoms with Gasteiger partial charge < -0.3 is 10.2 Å². The zero-order valence-electron chi connectivity index (χ0n) is 13.1. The predicted octanol–water partition coefficient (Wildman–Crippen LogP) is 5.16. The molecule has 0 unspecified atom stereocenters. The Hall–Kier alpha value is -2.74. The van der Waals surface area contributed by atoms with Gasteiger partial charge in [0.25, 0.3) is 0 Å². The Labute approximate surface area is 136 Å². The SMILES string of the molecule is CC/C(=C(\c1ccc(O)cc1)C1C=CC=C1)c1ccc(O)cc1. The van der Waals surface area contributed by atoms with Crippen molar-refractivity contribution >= 4 is 11.1 Å². The third-order valence-electron chi connectivity index (χ3n) is 4.15. The zero-order chi connectivity index (χ0) is 16.2. The Bertz CT molecular complexity index is 750. The van der Waals surface area contributed by atoms with Crippen molar-refractivity contribution in [3.8, 4) is 11.5 Å². The van der Waals surface area contributed by atoms with Crippen molar-refractivity contribution in [1.82, 2.24) is 0 Å². The summed E-state index contributed by atoms with van der Waals surface area (Å²) in [5.41, 5.74) is 4.70. The molecule has 0 saturated heterocycles. The number of benzene rings is 2. The first-order valence-electron chi connectivity index (χ1n) is 7.86. The molecule has 0 amide bonds. The van der Waals surface area contributed by atoms with Crippen LogP contribution in [0.25, 0.3) is 11.1 Å². The van der Waals surface area contributed by atoms with E-state index in [1.165, 1.54) is 11.1 Å². The second kappa shape index (κ2) is 6.57. The maximum Gasteiger partial charge on any atom is 0.115 e. The lowest BCUT2D eigenvalue weighted by molar-refractivity contribution is 0.474. The number of allylic oxidation sites excluding steroid dienone is 6. The molecule has 0 heterocycles. The van der Waals surface area contributed by atoms with E-state index in [4.69, 9.17) is 0 Å². The molecule has 2 N–H and O–H groups in total. The molecule has 0 aliphatic heterocycles. The highest BCUT2D eigenvalue weighted by molar-refractivity contribution is 5.93. The summed E-state index contributed by atoms with van der Waals surface area (Å²) in [7, 11) is 0. The number of phenolic OH excluding ortho intramolecular Hbond substituents is 2. The highest BCUT2D eigenvalue weighted by atomic mass is 16.3. The van der Waals surface area contributed by atoms with Crippen molar-refractivity contribution in [2.24, 2.45) is 5.92 Å². The third-order valence-corrected chi connectivity index (χ3v) is 4.15. The van der Waals surface area contributed by atoms with Crippen molar-refractivity contribution in [2.75, 3.05) is 0 Å². The lowest BCUT2D eigenvalue weighted by Gasteiger charge is -2.19. The molecule has 116 valence electrons. The van der Waals surface area contributed by atoms with Gasteiger partial charge in [-0.3, -0.25) is 0 Å². The molecule has 0 aromatic heterocycles. The quantitative estimate of drug-likeness (QED) is 0.766. The van der Waals surface area contributed by atoms with Gasteiger partial charge in [-0.1, -0.05) is 55.5 Å². The van der Waals surface area contributed by atoms with Crippen molar-refractivity contribution in [3.63, 3.8) is 0 Å². The van der Waals surface area contributed by atoms with Crippen LogP contribution >= 0.6 is 0 Å². The number of hydrogen-bond acceptors (Lipinski definition) is 2. The minimum Gasteiger partial charge on any atom is -0.508 e. The highest BCUT2D eigenvalue weighted by Gasteiger charge is 2.18. The molecule has 23 heavy (non-hydrogen) atoms. The van der Waals surface area contributed by atoms with Crippen LogP contribution < -0.4 is 0 Å². The van der Waals surface area contributed by atoms with E-state index in [9.17, 15) is 10.2 Å². The van der Waals surface area contributed by atoms with Crippen molar-refractivity contribution in [1.29, 1.82) is 0 Å². The van der Waals surface area contributed by atoms with Crippen LogP contribution in [0.3, 0.4) is 0 Å². The van der Waals surface area contributed by atoms with Crippen molar-refractivity contribution in [2.45, 2.75) is 13.3 Å². The lowest BCUT2D eigenvalue weighted by atomic mass is 9.85. The molecule has 0 atom stereocenters. The van der Waals surface area contributed by atoms with E-state index in [0.29, 0.717) is 0 Å². The second-order valence-electron chi connectivity index (χ2n) is 5.64. The van der Waals surface area contributed by atoms with Gasteiger partial charge in [-0.2, -0.15) is 0 Å². The maximum atomic E-state index is 9.58. The second-order valence-corrected chi connectivity index (χ2v) is 5.64. The molecule has 0 fully saturated rings. The van der Waals surface area contributed by atoms with Crippen molar-refractivity contribution < 1.29 is 10.2 Å².